The van der Waals surface area contributed by atoms with Crippen LogP contribution in [0.4, 0.5) is 0 Å². The molecule has 0 bridgehead atoms. The van der Waals surface area contributed by atoms with E-state index in [4.69, 9.17) is 15.2 Å². The summed E-state index contributed by atoms with van der Waals surface area (Å²) in [6.45, 7) is 5.37. The van der Waals surface area contributed by atoms with Gasteiger partial charge in [-0.15, -0.1) is 0 Å². The second-order valence-corrected chi connectivity index (χ2v) is 6.90. The van der Waals surface area contributed by atoms with E-state index in [2.05, 4.69) is 19.2 Å². The Morgan fingerprint density at radius 3 is 2.61 bits per heavy atom. The minimum Gasteiger partial charge on any atom is -0.486 e. The first-order valence-electron chi connectivity index (χ1n) is 8.50. The van der Waals surface area contributed by atoms with E-state index >= 15 is 0 Å². The zero-order chi connectivity index (χ0) is 16.4. The van der Waals surface area contributed by atoms with Crippen LogP contribution in [0.3, 0.4) is 0 Å². The van der Waals surface area contributed by atoms with E-state index in [1.165, 1.54) is 0 Å². The number of benzene rings is 1. The number of nitrogens with two attached hydrogens (primary N) is 1. The standard InChI is InChI=1S/C18H26N2O3/c1-11(2)17(20-18(21)13-3-5-14(19)9-13)12-4-6-15-16(10-12)23-8-7-22-15/h4,6,10-11,13-14,17H,3,5,7-9,19H2,1-2H3,(H,20,21). The monoisotopic (exact) mass is 318 g/mol. The first-order valence-corrected chi connectivity index (χ1v) is 8.50. The predicted molar refractivity (Wildman–Crippen MR) is 88.5 cm³/mol. The first kappa shape index (κ1) is 16.1. The molecule has 3 unspecified atom stereocenters. The summed E-state index contributed by atoms with van der Waals surface area (Å²) in [6.07, 6.45) is 2.62. The quantitative estimate of drug-likeness (QED) is 0.894. The molecule has 126 valence electrons. The van der Waals surface area contributed by atoms with E-state index in [9.17, 15) is 4.79 Å². The van der Waals surface area contributed by atoms with Gasteiger partial charge in [-0.3, -0.25) is 4.79 Å². The van der Waals surface area contributed by atoms with Crippen LogP contribution in [-0.4, -0.2) is 25.2 Å². The smallest absolute Gasteiger partial charge is 0.223 e. The molecule has 3 rings (SSSR count). The summed E-state index contributed by atoms with van der Waals surface area (Å²) >= 11 is 0. The van der Waals surface area contributed by atoms with E-state index in [-0.39, 0.29) is 29.8 Å². The summed E-state index contributed by atoms with van der Waals surface area (Å²) in [5.74, 6) is 1.98. The molecular formula is C18H26N2O3. The summed E-state index contributed by atoms with van der Waals surface area (Å²) in [5, 5.41) is 3.21. The van der Waals surface area contributed by atoms with Crippen molar-refractivity contribution in [3.63, 3.8) is 0 Å². The Balaban J connectivity index is 1.75. The fourth-order valence-corrected chi connectivity index (χ4v) is 3.41. The van der Waals surface area contributed by atoms with Crippen LogP contribution < -0.4 is 20.5 Å². The molecule has 1 fully saturated rings. The molecule has 1 saturated carbocycles. The van der Waals surface area contributed by atoms with E-state index in [0.717, 1.165) is 36.3 Å². The molecule has 2 aliphatic rings. The maximum Gasteiger partial charge on any atom is 0.223 e. The second kappa shape index (κ2) is 6.79. The highest BCUT2D eigenvalue weighted by molar-refractivity contribution is 5.79. The molecule has 1 aromatic carbocycles. The molecule has 23 heavy (non-hydrogen) atoms. The van der Waals surface area contributed by atoms with Gasteiger partial charge in [-0.25, -0.2) is 0 Å². The summed E-state index contributed by atoms with van der Waals surface area (Å²) in [5.41, 5.74) is 6.99. The number of ether oxygens (including phenoxy) is 2. The van der Waals surface area contributed by atoms with Crippen LogP contribution in [0.2, 0.25) is 0 Å². The Kier molecular flexibility index (Phi) is 4.76. The fraction of sp³-hybridized carbons (Fsp3) is 0.611. The van der Waals surface area contributed by atoms with Crippen LogP contribution in [-0.2, 0) is 4.79 Å². The Morgan fingerprint density at radius 1 is 1.22 bits per heavy atom. The molecular weight excluding hydrogens is 292 g/mol. The molecule has 5 nitrogen and oxygen atoms in total. The van der Waals surface area contributed by atoms with Gasteiger partial charge in [-0.05, 0) is 42.9 Å². The van der Waals surface area contributed by atoms with Gasteiger partial charge in [-0.1, -0.05) is 19.9 Å². The minimum absolute atomic E-state index is 0.0323. The van der Waals surface area contributed by atoms with Gasteiger partial charge < -0.3 is 20.5 Å². The summed E-state index contributed by atoms with van der Waals surface area (Å²) in [7, 11) is 0. The lowest BCUT2D eigenvalue weighted by atomic mass is 9.94. The van der Waals surface area contributed by atoms with Gasteiger partial charge in [-0.2, -0.15) is 0 Å². The SMILES string of the molecule is CC(C)C(NC(=O)C1CCC(N)C1)c1ccc2c(c1)OCCO2. The molecule has 0 aromatic heterocycles. The van der Waals surface area contributed by atoms with Crippen LogP contribution in [0.5, 0.6) is 11.5 Å². The van der Waals surface area contributed by atoms with E-state index in [1.54, 1.807) is 0 Å². The molecule has 1 heterocycles. The lowest BCUT2D eigenvalue weighted by Gasteiger charge is -2.26. The van der Waals surface area contributed by atoms with Crippen molar-refractivity contribution in [1.82, 2.24) is 5.32 Å². The average Bonchev–Trinajstić information content (AvgIpc) is 2.98. The average molecular weight is 318 g/mol. The lowest BCUT2D eigenvalue weighted by molar-refractivity contribution is -0.125. The van der Waals surface area contributed by atoms with Crippen molar-refractivity contribution in [3.8, 4) is 11.5 Å². The number of carbonyl (C=O) groups is 1. The van der Waals surface area contributed by atoms with Crippen LogP contribution >= 0.6 is 0 Å². The van der Waals surface area contributed by atoms with Crippen LogP contribution in [0.1, 0.15) is 44.7 Å². The van der Waals surface area contributed by atoms with Crippen molar-refractivity contribution in [1.29, 1.82) is 0 Å². The van der Waals surface area contributed by atoms with Crippen molar-refractivity contribution in [2.24, 2.45) is 17.6 Å². The summed E-state index contributed by atoms with van der Waals surface area (Å²) in [4.78, 5) is 12.5. The minimum atomic E-state index is -0.0323. The van der Waals surface area contributed by atoms with E-state index in [1.807, 2.05) is 18.2 Å². The van der Waals surface area contributed by atoms with Gasteiger partial charge in [0.25, 0.3) is 0 Å². The molecule has 1 amide bonds. The van der Waals surface area contributed by atoms with Crippen LogP contribution in [0.15, 0.2) is 18.2 Å². The number of carbonyl (C=O) groups excluding carboxylic acids is 1. The van der Waals surface area contributed by atoms with Crippen molar-refractivity contribution in [3.05, 3.63) is 23.8 Å². The molecule has 1 aliphatic carbocycles. The molecule has 5 heteroatoms. The zero-order valence-electron chi connectivity index (χ0n) is 13.9. The maximum absolute atomic E-state index is 12.5. The first-order chi connectivity index (χ1) is 11.0. The molecule has 3 N–H and O–H groups in total. The number of amides is 1. The molecule has 0 spiro atoms. The zero-order valence-corrected chi connectivity index (χ0v) is 13.9. The summed E-state index contributed by atoms with van der Waals surface area (Å²) < 4.78 is 11.2. The number of fused-ring (bicyclic) bond motifs is 1. The second-order valence-electron chi connectivity index (χ2n) is 6.90. The molecule has 0 radical (unpaired) electrons. The molecule has 3 atom stereocenters. The number of rotatable bonds is 4. The Morgan fingerprint density at radius 2 is 1.96 bits per heavy atom. The van der Waals surface area contributed by atoms with Gasteiger partial charge >= 0.3 is 0 Å². The topological polar surface area (TPSA) is 73.6 Å². The third kappa shape index (κ3) is 3.61. The molecule has 1 aliphatic heterocycles. The Bertz CT molecular complexity index is 573. The normalized spacial score (nSPS) is 24.5. The van der Waals surface area contributed by atoms with Gasteiger partial charge in [0.15, 0.2) is 11.5 Å². The Labute approximate surface area is 137 Å². The Hall–Kier alpha value is -1.75. The fourth-order valence-electron chi connectivity index (χ4n) is 3.41. The highest BCUT2D eigenvalue weighted by Gasteiger charge is 2.30. The number of hydrogen-bond acceptors (Lipinski definition) is 4. The highest BCUT2D eigenvalue weighted by Crippen LogP contribution is 2.35. The number of nitrogens with one attached hydrogen (secondary N) is 1. The summed E-state index contributed by atoms with van der Waals surface area (Å²) in [6, 6.07) is 6.06. The van der Waals surface area contributed by atoms with E-state index in [0.29, 0.717) is 13.2 Å². The predicted octanol–water partition coefficient (Wildman–Crippen LogP) is 2.40. The third-order valence-corrected chi connectivity index (χ3v) is 4.73. The van der Waals surface area contributed by atoms with Gasteiger partial charge in [0, 0.05) is 12.0 Å². The number of hydrogen-bond donors (Lipinski definition) is 2. The largest absolute Gasteiger partial charge is 0.486 e. The third-order valence-electron chi connectivity index (χ3n) is 4.73. The van der Waals surface area contributed by atoms with Crippen molar-refractivity contribution >= 4 is 5.91 Å². The van der Waals surface area contributed by atoms with Gasteiger partial charge in [0.1, 0.15) is 13.2 Å². The molecule has 0 saturated heterocycles. The van der Waals surface area contributed by atoms with Crippen molar-refractivity contribution in [2.45, 2.75) is 45.2 Å². The lowest BCUT2D eigenvalue weighted by Crippen LogP contribution is -2.36. The molecule has 1 aromatic rings. The van der Waals surface area contributed by atoms with Crippen molar-refractivity contribution < 1.29 is 14.3 Å². The van der Waals surface area contributed by atoms with Gasteiger partial charge in [0.2, 0.25) is 5.91 Å². The van der Waals surface area contributed by atoms with Crippen molar-refractivity contribution in [2.75, 3.05) is 13.2 Å². The maximum atomic E-state index is 12.5. The van der Waals surface area contributed by atoms with E-state index < -0.39 is 0 Å². The van der Waals surface area contributed by atoms with Crippen LogP contribution in [0, 0.1) is 11.8 Å². The van der Waals surface area contributed by atoms with Crippen LogP contribution in [0.25, 0.3) is 0 Å². The highest BCUT2D eigenvalue weighted by atomic mass is 16.6. The van der Waals surface area contributed by atoms with Gasteiger partial charge in [0.05, 0.1) is 6.04 Å².